The summed E-state index contributed by atoms with van der Waals surface area (Å²) in [5.41, 5.74) is 5.17. The van der Waals surface area contributed by atoms with E-state index in [9.17, 15) is 14.7 Å². The number of hydrogen-bond donors (Lipinski definition) is 2. The van der Waals surface area contributed by atoms with Crippen molar-refractivity contribution in [2.24, 2.45) is 23.2 Å². The molecule has 6 rings (SSSR count). The van der Waals surface area contributed by atoms with Crippen LogP contribution in [0, 0.1) is 23.2 Å². The van der Waals surface area contributed by atoms with Gasteiger partial charge in [-0.15, -0.1) is 0 Å². The first-order valence-corrected chi connectivity index (χ1v) is 13.7. The molecular weight excluding hydrogens is 458 g/mol. The average Bonchev–Trinajstić information content (AvgIpc) is 3.29. The smallest absolute Gasteiger partial charge is 0.335 e. The number of amides is 1. The van der Waals surface area contributed by atoms with Crippen molar-refractivity contribution in [3.8, 4) is 0 Å². The molecule has 3 aliphatic rings. The molecule has 0 spiro atoms. The lowest BCUT2D eigenvalue weighted by Gasteiger charge is -2.50. The van der Waals surface area contributed by atoms with Gasteiger partial charge in [-0.2, -0.15) is 0 Å². The number of carbonyl (C=O) groups excluding carboxylic acids is 1. The van der Waals surface area contributed by atoms with Gasteiger partial charge in [-0.3, -0.25) is 4.79 Å². The fraction of sp³-hybridized carbons (Fsp3) is 0.394. The van der Waals surface area contributed by atoms with Crippen molar-refractivity contribution in [2.45, 2.75) is 57.4 Å². The summed E-state index contributed by atoms with van der Waals surface area (Å²) >= 11 is 0. The van der Waals surface area contributed by atoms with Crippen LogP contribution in [0.5, 0.6) is 0 Å². The molecule has 1 amide bonds. The summed E-state index contributed by atoms with van der Waals surface area (Å²) in [5, 5.41) is 12.9. The van der Waals surface area contributed by atoms with Gasteiger partial charge in [0.2, 0.25) is 5.91 Å². The summed E-state index contributed by atoms with van der Waals surface area (Å²) in [6.07, 6.45) is 6.17. The Hall–Kier alpha value is -3.40. The molecule has 0 radical (unpaired) electrons. The molecule has 0 aliphatic heterocycles. The number of carbonyl (C=O) groups is 2. The molecule has 5 atom stereocenters. The van der Waals surface area contributed by atoms with E-state index in [4.69, 9.17) is 0 Å². The van der Waals surface area contributed by atoms with Gasteiger partial charge in [0.15, 0.2) is 0 Å². The summed E-state index contributed by atoms with van der Waals surface area (Å²) in [4.78, 5) is 25.4. The molecule has 2 N–H and O–H groups in total. The Morgan fingerprint density at radius 2 is 1.57 bits per heavy atom. The van der Waals surface area contributed by atoms with Crippen LogP contribution in [-0.2, 0) is 11.2 Å². The number of nitrogens with one attached hydrogen (secondary N) is 1. The SMILES string of the molecule is C[C@]12CC[C@@H]3c4ccc(C(=O)O)cc4CC[C@H]3[C@@H]1CCC2C(=O)NC(c1ccccc1)c1ccccc1. The van der Waals surface area contributed by atoms with Gasteiger partial charge < -0.3 is 10.4 Å². The number of carboxylic acid groups (broad SMARTS) is 1. The van der Waals surface area contributed by atoms with E-state index in [0.29, 0.717) is 23.3 Å². The second kappa shape index (κ2) is 9.48. The maximum absolute atomic E-state index is 14.0. The fourth-order valence-corrected chi connectivity index (χ4v) is 8.04. The van der Waals surface area contributed by atoms with Gasteiger partial charge in [0, 0.05) is 5.92 Å². The molecule has 2 fully saturated rings. The molecule has 4 heteroatoms. The Labute approximate surface area is 219 Å². The minimum atomic E-state index is -0.852. The number of hydrogen-bond acceptors (Lipinski definition) is 2. The number of aromatic carboxylic acids is 1. The van der Waals surface area contributed by atoms with E-state index < -0.39 is 5.97 Å². The van der Waals surface area contributed by atoms with Gasteiger partial charge in [-0.1, -0.05) is 73.7 Å². The molecule has 0 aromatic heterocycles. The predicted molar refractivity (Wildman–Crippen MR) is 144 cm³/mol. The first-order chi connectivity index (χ1) is 18.0. The lowest BCUT2D eigenvalue weighted by atomic mass is 9.54. The van der Waals surface area contributed by atoms with Gasteiger partial charge in [0.1, 0.15) is 0 Å². The topological polar surface area (TPSA) is 66.4 Å². The van der Waals surface area contributed by atoms with E-state index >= 15 is 0 Å². The Kier molecular flexibility index (Phi) is 6.14. The lowest BCUT2D eigenvalue weighted by Crippen LogP contribution is -2.47. The van der Waals surface area contributed by atoms with Crippen molar-refractivity contribution in [1.82, 2.24) is 5.32 Å². The third-order valence-electron chi connectivity index (χ3n) is 9.84. The van der Waals surface area contributed by atoms with Crippen LogP contribution in [0.1, 0.15) is 83.6 Å². The fourth-order valence-electron chi connectivity index (χ4n) is 8.04. The van der Waals surface area contributed by atoms with Crippen LogP contribution >= 0.6 is 0 Å². The van der Waals surface area contributed by atoms with Crippen molar-refractivity contribution in [2.75, 3.05) is 0 Å². The maximum atomic E-state index is 14.0. The molecule has 4 nitrogen and oxygen atoms in total. The largest absolute Gasteiger partial charge is 0.478 e. The van der Waals surface area contributed by atoms with Crippen LogP contribution < -0.4 is 5.32 Å². The molecule has 190 valence electrons. The Morgan fingerprint density at radius 3 is 2.22 bits per heavy atom. The van der Waals surface area contributed by atoms with Crippen LogP contribution in [0.3, 0.4) is 0 Å². The van der Waals surface area contributed by atoms with Crippen molar-refractivity contribution in [1.29, 1.82) is 0 Å². The zero-order chi connectivity index (χ0) is 25.6. The molecular formula is C33H35NO3. The van der Waals surface area contributed by atoms with Crippen LogP contribution in [0.25, 0.3) is 0 Å². The second-order valence-corrected chi connectivity index (χ2v) is 11.6. The summed E-state index contributed by atoms with van der Waals surface area (Å²) in [6.45, 7) is 2.37. The predicted octanol–water partition coefficient (Wildman–Crippen LogP) is 6.76. The molecule has 3 aromatic carbocycles. The molecule has 0 saturated heterocycles. The molecule has 3 aliphatic carbocycles. The first-order valence-electron chi connectivity index (χ1n) is 13.7. The first kappa shape index (κ1) is 24.0. The van der Waals surface area contributed by atoms with Gasteiger partial charge >= 0.3 is 5.97 Å². The van der Waals surface area contributed by atoms with E-state index in [1.54, 1.807) is 6.07 Å². The molecule has 3 aromatic rings. The minimum Gasteiger partial charge on any atom is -0.478 e. The van der Waals surface area contributed by atoms with Gasteiger partial charge in [-0.25, -0.2) is 4.79 Å². The van der Waals surface area contributed by atoms with Crippen molar-refractivity contribution in [3.05, 3.63) is 107 Å². The summed E-state index contributed by atoms with van der Waals surface area (Å²) in [7, 11) is 0. The number of rotatable bonds is 5. The van der Waals surface area contributed by atoms with Crippen molar-refractivity contribution >= 4 is 11.9 Å². The quantitative estimate of drug-likeness (QED) is 0.412. The number of benzene rings is 3. The van der Waals surface area contributed by atoms with E-state index in [2.05, 4.69) is 42.6 Å². The highest BCUT2D eigenvalue weighted by atomic mass is 16.4. The second-order valence-electron chi connectivity index (χ2n) is 11.6. The summed E-state index contributed by atoms with van der Waals surface area (Å²) in [6, 6.07) is 26.1. The van der Waals surface area contributed by atoms with E-state index in [1.165, 1.54) is 11.1 Å². The number of fused-ring (bicyclic) bond motifs is 5. The Balaban J connectivity index is 1.24. The maximum Gasteiger partial charge on any atom is 0.335 e. The Bertz CT molecular complexity index is 1260. The Morgan fingerprint density at radius 1 is 0.892 bits per heavy atom. The van der Waals surface area contributed by atoms with Gasteiger partial charge in [0.05, 0.1) is 11.6 Å². The average molecular weight is 494 g/mol. The monoisotopic (exact) mass is 493 g/mol. The molecule has 2 saturated carbocycles. The highest BCUT2D eigenvalue weighted by Crippen LogP contribution is 2.63. The van der Waals surface area contributed by atoms with Crippen LogP contribution in [-0.4, -0.2) is 17.0 Å². The lowest BCUT2D eigenvalue weighted by molar-refractivity contribution is -0.130. The minimum absolute atomic E-state index is 0.00167. The van der Waals surface area contributed by atoms with E-state index in [-0.39, 0.29) is 23.3 Å². The van der Waals surface area contributed by atoms with Crippen LogP contribution in [0.15, 0.2) is 78.9 Å². The highest BCUT2D eigenvalue weighted by Gasteiger charge is 2.56. The molecule has 1 unspecified atom stereocenters. The highest BCUT2D eigenvalue weighted by molar-refractivity contribution is 5.88. The van der Waals surface area contributed by atoms with Crippen LogP contribution in [0.4, 0.5) is 0 Å². The number of aryl methyl sites for hydroxylation is 1. The number of carboxylic acids is 1. The van der Waals surface area contributed by atoms with Gasteiger partial charge in [0.25, 0.3) is 0 Å². The zero-order valence-corrected chi connectivity index (χ0v) is 21.4. The third-order valence-corrected chi connectivity index (χ3v) is 9.84. The standard InChI is InChI=1S/C33H35NO3/c1-33-19-18-26-25-14-13-24(32(36)37)20-23(25)12-15-27(26)28(33)16-17-29(33)31(35)34-30(21-8-4-2-5-9-21)22-10-6-3-7-11-22/h2-11,13-14,20,26-30H,12,15-19H2,1H3,(H,34,35)(H,36,37)/t26-,27-,28+,29?,33+/m1/s1. The molecule has 0 heterocycles. The molecule has 37 heavy (non-hydrogen) atoms. The van der Waals surface area contributed by atoms with E-state index in [0.717, 1.165) is 49.7 Å². The van der Waals surface area contributed by atoms with Gasteiger partial charge in [-0.05, 0) is 96.1 Å². The van der Waals surface area contributed by atoms with Crippen molar-refractivity contribution < 1.29 is 14.7 Å². The third kappa shape index (κ3) is 4.17. The van der Waals surface area contributed by atoms with Crippen LogP contribution in [0.2, 0.25) is 0 Å². The van der Waals surface area contributed by atoms with Crippen molar-refractivity contribution in [3.63, 3.8) is 0 Å². The zero-order valence-electron chi connectivity index (χ0n) is 21.4. The molecule has 0 bridgehead atoms. The summed E-state index contributed by atoms with van der Waals surface area (Å²) in [5.74, 6) is 0.926. The summed E-state index contributed by atoms with van der Waals surface area (Å²) < 4.78 is 0. The van der Waals surface area contributed by atoms with E-state index in [1.807, 2.05) is 42.5 Å². The normalized spacial score (nSPS) is 28.2.